The minimum absolute atomic E-state index is 0.0911. The van der Waals surface area contributed by atoms with Gasteiger partial charge in [-0.05, 0) is 30.2 Å². The molecule has 6 heteroatoms. The number of urea groups is 1. The van der Waals surface area contributed by atoms with Gasteiger partial charge >= 0.3 is 6.03 Å². The van der Waals surface area contributed by atoms with Crippen LogP contribution in [0.15, 0.2) is 48.5 Å². The smallest absolute Gasteiger partial charge is 0.317 e. The van der Waals surface area contributed by atoms with Crippen molar-refractivity contribution in [2.75, 3.05) is 44.7 Å². The van der Waals surface area contributed by atoms with Crippen LogP contribution in [0.5, 0.6) is 5.75 Å². The number of hydrogen-bond acceptors (Lipinski definition) is 3. The van der Waals surface area contributed by atoms with Gasteiger partial charge < -0.3 is 19.9 Å². The van der Waals surface area contributed by atoms with Gasteiger partial charge in [0, 0.05) is 44.5 Å². The number of anilines is 1. The quantitative estimate of drug-likeness (QED) is 0.895. The Morgan fingerprint density at radius 2 is 1.88 bits per heavy atom. The van der Waals surface area contributed by atoms with Gasteiger partial charge in [0.15, 0.2) is 0 Å². The lowest BCUT2D eigenvalue weighted by atomic mass is 10.1. The van der Waals surface area contributed by atoms with Gasteiger partial charge in [0.2, 0.25) is 0 Å². The molecule has 2 amide bonds. The van der Waals surface area contributed by atoms with Crippen LogP contribution < -0.4 is 15.0 Å². The molecule has 0 saturated carbocycles. The van der Waals surface area contributed by atoms with Crippen LogP contribution in [0.4, 0.5) is 14.9 Å². The summed E-state index contributed by atoms with van der Waals surface area (Å²) in [6.07, 6.45) is 0.488. The third-order valence-electron chi connectivity index (χ3n) is 4.61. The molecule has 1 saturated heterocycles. The van der Waals surface area contributed by atoms with Gasteiger partial charge in [0.25, 0.3) is 0 Å². The Morgan fingerprint density at radius 1 is 1.12 bits per heavy atom. The number of piperazine rings is 1. The zero-order valence-corrected chi connectivity index (χ0v) is 15.0. The second kappa shape index (κ2) is 8.56. The molecule has 2 aromatic rings. The molecule has 1 aliphatic rings. The van der Waals surface area contributed by atoms with Crippen molar-refractivity contribution in [3.8, 4) is 5.75 Å². The zero-order chi connectivity index (χ0) is 18.4. The monoisotopic (exact) mass is 357 g/mol. The van der Waals surface area contributed by atoms with Crippen molar-refractivity contribution in [3.05, 3.63) is 59.9 Å². The number of benzene rings is 2. The van der Waals surface area contributed by atoms with E-state index in [2.05, 4.69) is 10.2 Å². The predicted octanol–water partition coefficient (Wildman–Crippen LogP) is 2.91. The van der Waals surface area contributed by atoms with Gasteiger partial charge in [-0.15, -0.1) is 0 Å². The molecule has 3 rings (SSSR count). The predicted molar refractivity (Wildman–Crippen MR) is 100 cm³/mol. The molecule has 0 unspecified atom stereocenters. The molecule has 2 aromatic carbocycles. The van der Waals surface area contributed by atoms with Gasteiger partial charge in [-0.2, -0.15) is 0 Å². The van der Waals surface area contributed by atoms with Crippen molar-refractivity contribution in [1.29, 1.82) is 0 Å². The van der Waals surface area contributed by atoms with E-state index in [4.69, 9.17) is 4.74 Å². The SMILES string of the molecule is COc1cccc(N2CCN(C(=O)NCCc3ccccc3F)CC2)c1. The highest BCUT2D eigenvalue weighted by Gasteiger charge is 2.21. The number of methoxy groups -OCH3 is 1. The molecule has 1 N–H and O–H groups in total. The Balaban J connectivity index is 1.45. The molecular weight excluding hydrogens is 333 g/mol. The molecule has 0 aromatic heterocycles. The first-order chi connectivity index (χ1) is 12.7. The van der Waals surface area contributed by atoms with Crippen LogP contribution in [-0.4, -0.2) is 50.8 Å². The molecule has 0 bridgehead atoms. The van der Waals surface area contributed by atoms with Crippen LogP contribution in [0.3, 0.4) is 0 Å². The number of rotatable bonds is 5. The van der Waals surface area contributed by atoms with Gasteiger partial charge in [0.05, 0.1) is 7.11 Å². The lowest BCUT2D eigenvalue weighted by Gasteiger charge is -2.36. The van der Waals surface area contributed by atoms with E-state index in [9.17, 15) is 9.18 Å². The largest absolute Gasteiger partial charge is 0.497 e. The van der Waals surface area contributed by atoms with E-state index in [1.807, 2.05) is 24.3 Å². The summed E-state index contributed by atoms with van der Waals surface area (Å²) in [7, 11) is 1.66. The summed E-state index contributed by atoms with van der Waals surface area (Å²) in [6.45, 7) is 3.28. The molecule has 0 atom stereocenters. The topological polar surface area (TPSA) is 44.8 Å². The Bertz CT molecular complexity index is 745. The van der Waals surface area contributed by atoms with Crippen LogP contribution in [0.1, 0.15) is 5.56 Å². The highest BCUT2D eigenvalue weighted by atomic mass is 19.1. The van der Waals surface area contributed by atoms with E-state index in [-0.39, 0.29) is 11.8 Å². The Hall–Kier alpha value is -2.76. The Labute approximate surface area is 153 Å². The second-order valence-electron chi connectivity index (χ2n) is 6.25. The average Bonchev–Trinajstić information content (AvgIpc) is 2.69. The van der Waals surface area contributed by atoms with Crippen molar-refractivity contribution < 1.29 is 13.9 Å². The number of nitrogens with zero attached hydrogens (tertiary/aromatic N) is 2. The number of carbonyl (C=O) groups excluding carboxylic acids is 1. The first-order valence-corrected chi connectivity index (χ1v) is 8.82. The summed E-state index contributed by atoms with van der Waals surface area (Å²) in [6, 6.07) is 14.5. The number of ether oxygens (including phenoxy) is 1. The molecule has 0 radical (unpaired) electrons. The number of halogens is 1. The van der Waals surface area contributed by atoms with Crippen LogP contribution in [0, 0.1) is 5.82 Å². The minimum atomic E-state index is -0.228. The lowest BCUT2D eigenvalue weighted by Crippen LogP contribution is -2.52. The third kappa shape index (κ3) is 4.45. The first-order valence-electron chi connectivity index (χ1n) is 8.82. The summed E-state index contributed by atoms with van der Waals surface area (Å²) < 4.78 is 18.9. The molecule has 0 aliphatic carbocycles. The van der Waals surface area contributed by atoms with Crippen molar-refractivity contribution in [2.24, 2.45) is 0 Å². The average molecular weight is 357 g/mol. The Kier molecular flexibility index (Phi) is 5.94. The molecule has 0 spiro atoms. The van der Waals surface area contributed by atoms with Crippen LogP contribution in [0.25, 0.3) is 0 Å². The maximum atomic E-state index is 13.6. The van der Waals surface area contributed by atoms with Gasteiger partial charge in [0.1, 0.15) is 11.6 Å². The third-order valence-corrected chi connectivity index (χ3v) is 4.61. The number of amides is 2. The molecule has 1 heterocycles. The van der Waals surface area contributed by atoms with E-state index >= 15 is 0 Å². The zero-order valence-electron chi connectivity index (χ0n) is 15.0. The number of carbonyl (C=O) groups is 1. The van der Waals surface area contributed by atoms with Crippen molar-refractivity contribution in [2.45, 2.75) is 6.42 Å². The highest BCUT2D eigenvalue weighted by molar-refractivity contribution is 5.74. The molecule has 1 aliphatic heterocycles. The molecular formula is C20H24FN3O2. The maximum Gasteiger partial charge on any atom is 0.317 e. The first kappa shape index (κ1) is 18.0. The van der Waals surface area contributed by atoms with E-state index in [0.29, 0.717) is 31.6 Å². The van der Waals surface area contributed by atoms with Gasteiger partial charge in [-0.25, -0.2) is 9.18 Å². The highest BCUT2D eigenvalue weighted by Crippen LogP contribution is 2.22. The second-order valence-corrected chi connectivity index (χ2v) is 6.25. The lowest BCUT2D eigenvalue weighted by molar-refractivity contribution is 0.194. The standard InChI is InChI=1S/C20H24FN3O2/c1-26-18-7-4-6-17(15-18)23-11-13-24(14-12-23)20(25)22-10-9-16-5-2-3-8-19(16)21/h2-8,15H,9-14H2,1H3,(H,22,25). The van der Waals surface area contributed by atoms with Crippen molar-refractivity contribution >= 4 is 11.7 Å². The fourth-order valence-corrected chi connectivity index (χ4v) is 3.09. The fraction of sp³-hybridized carbons (Fsp3) is 0.350. The fourth-order valence-electron chi connectivity index (χ4n) is 3.09. The maximum absolute atomic E-state index is 13.6. The molecule has 1 fully saturated rings. The van der Waals surface area contributed by atoms with E-state index in [0.717, 1.165) is 24.5 Å². The van der Waals surface area contributed by atoms with Crippen LogP contribution in [0.2, 0.25) is 0 Å². The molecule has 138 valence electrons. The van der Waals surface area contributed by atoms with E-state index in [1.54, 1.807) is 30.2 Å². The Morgan fingerprint density at radius 3 is 2.62 bits per heavy atom. The molecule has 26 heavy (non-hydrogen) atoms. The summed E-state index contributed by atoms with van der Waals surface area (Å²) in [5.74, 6) is 0.601. The van der Waals surface area contributed by atoms with E-state index in [1.165, 1.54) is 6.07 Å². The van der Waals surface area contributed by atoms with Crippen molar-refractivity contribution in [3.63, 3.8) is 0 Å². The van der Waals surface area contributed by atoms with Gasteiger partial charge in [-0.3, -0.25) is 0 Å². The number of hydrogen-bond donors (Lipinski definition) is 1. The number of nitrogens with one attached hydrogen (secondary N) is 1. The summed E-state index contributed by atoms with van der Waals surface area (Å²) >= 11 is 0. The summed E-state index contributed by atoms with van der Waals surface area (Å²) in [4.78, 5) is 16.3. The minimum Gasteiger partial charge on any atom is -0.497 e. The van der Waals surface area contributed by atoms with Gasteiger partial charge in [-0.1, -0.05) is 24.3 Å². The molecule has 5 nitrogen and oxygen atoms in total. The summed E-state index contributed by atoms with van der Waals surface area (Å²) in [5.41, 5.74) is 1.72. The van der Waals surface area contributed by atoms with Crippen molar-refractivity contribution in [1.82, 2.24) is 10.2 Å². The van der Waals surface area contributed by atoms with Crippen LogP contribution >= 0.6 is 0 Å². The normalized spacial score (nSPS) is 14.2. The summed E-state index contributed by atoms with van der Waals surface area (Å²) in [5, 5.41) is 2.88. The van der Waals surface area contributed by atoms with E-state index < -0.39 is 0 Å². The van der Waals surface area contributed by atoms with Crippen LogP contribution in [-0.2, 0) is 6.42 Å².